The molecular weight excluding hydrogens is 455 g/mol. The Hall–Kier alpha value is -2.87. The minimum absolute atomic E-state index is 0.0414. The monoisotopic (exact) mass is 468 g/mol. The number of carbonyl (C=O) groups excluding carboxylic acids is 1. The molecule has 1 aromatic heterocycles. The lowest BCUT2D eigenvalue weighted by Crippen LogP contribution is -2.16. The summed E-state index contributed by atoms with van der Waals surface area (Å²) in [5.41, 5.74) is 6.25. The predicted octanol–water partition coefficient (Wildman–Crippen LogP) is 5.30. The summed E-state index contributed by atoms with van der Waals surface area (Å²) in [6.07, 6.45) is 0. The third-order valence-electron chi connectivity index (χ3n) is 3.79. The second kappa shape index (κ2) is 9.75. The van der Waals surface area contributed by atoms with Crippen molar-refractivity contribution in [1.29, 1.82) is 0 Å². The molecule has 0 aliphatic heterocycles. The van der Waals surface area contributed by atoms with Gasteiger partial charge in [-0.3, -0.25) is 0 Å². The Morgan fingerprint density at radius 3 is 2.43 bits per heavy atom. The number of hydrogen-bond donors (Lipinski definition) is 1. The molecular formula is C20H15Cl3N2O5. The fourth-order valence-electron chi connectivity index (χ4n) is 2.37. The predicted molar refractivity (Wildman–Crippen MR) is 114 cm³/mol. The number of carbonyl (C=O) groups is 1. The normalized spacial score (nSPS) is 11.3. The maximum atomic E-state index is 12.2. The Labute approximate surface area is 186 Å². The smallest absolute Gasteiger partial charge is 0.400 e. The van der Waals surface area contributed by atoms with Crippen molar-refractivity contribution in [2.45, 2.75) is 6.61 Å². The zero-order valence-corrected chi connectivity index (χ0v) is 17.8. The van der Waals surface area contributed by atoms with E-state index in [2.05, 4.69) is 5.16 Å². The zero-order chi connectivity index (χ0) is 21.7. The van der Waals surface area contributed by atoms with Gasteiger partial charge in [0.15, 0.2) is 5.84 Å². The van der Waals surface area contributed by atoms with Gasteiger partial charge in [-0.1, -0.05) is 40.0 Å². The van der Waals surface area contributed by atoms with Gasteiger partial charge in [-0.05, 0) is 48.5 Å². The molecule has 0 amide bonds. The molecule has 0 aliphatic rings. The fourth-order valence-corrected chi connectivity index (χ4v) is 3.01. The van der Waals surface area contributed by atoms with Gasteiger partial charge < -0.3 is 24.5 Å². The van der Waals surface area contributed by atoms with Crippen LogP contribution in [-0.4, -0.2) is 18.9 Å². The van der Waals surface area contributed by atoms with E-state index in [1.54, 1.807) is 36.4 Å². The average molecular weight is 470 g/mol. The van der Waals surface area contributed by atoms with Gasteiger partial charge in [0.05, 0.1) is 17.7 Å². The van der Waals surface area contributed by atoms with Gasteiger partial charge in [-0.2, -0.15) is 0 Å². The molecule has 0 unspecified atom stereocenters. The second-order valence-electron chi connectivity index (χ2n) is 5.83. The van der Waals surface area contributed by atoms with E-state index in [-0.39, 0.29) is 18.2 Å². The molecule has 0 aliphatic carbocycles. The van der Waals surface area contributed by atoms with Crippen LogP contribution >= 0.6 is 34.8 Å². The van der Waals surface area contributed by atoms with Gasteiger partial charge in [-0.15, -0.1) is 0 Å². The van der Waals surface area contributed by atoms with Gasteiger partial charge in [-0.25, -0.2) is 4.79 Å². The first-order valence-corrected chi connectivity index (χ1v) is 9.56. The maximum Gasteiger partial charge on any atom is 0.400 e. The van der Waals surface area contributed by atoms with Gasteiger partial charge >= 0.3 is 5.97 Å². The quantitative estimate of drug-likeness (QED) is 0.218. The van der Waals surface area contributed by atoms with E-state index in [0.717, 1.165) is 0 Å². The Morgan fingerprint density at radius 1 is 1.03 bits per heavy atom. The van der Waals surface area contributed by atoms with Crippen molar-refractivity contribution in [2.24, 2.45) is 10.9 Å². The summed E-state index contributed by atoms with van der Waals surface area (Å²) < 4.78 is 16.1. The molecule has 1 heterocycles. The Balaban J connectivity index is 1.63. The summed E-state index contributed by atoms with van der Waals surface area (Å²) in [4.78, 5) is 17.0. The summed E-state index contributed by atoms with van der Waals surface area (Å²) in [5, 5.41) is 4.90. The first-order chi connectivity index (χ1) is 14.4. The van der Waals surface area contributed by atoms with Crippen molar-refractivity contribution in [3.63, 3.8) is 0 Å². The number of hydrogen-bond acceptors (Lipinski definition) is 6. The summed E-state index contributed by atoms with van der Waals surface area (Å²) >= 11 is 17.8. The van der Waals surface area contributed by atoms with Gasteiger partial charge in [0.2, 0.25) is 5.76 Å². The van der Waals surface area contributed by atoms with E-state index in [4.69, 9.17) is 59.3 Å². The topological polar surface area (TPSA) is 96.3 Å². The molecule has 3 rings (SSSR count). The molecule has 0 saturated carbocycles. The lowest BCUT2D eigenvalue weighted by molar-refractivity contribution is 0.0475. The highest BCUT2D eigenvalue weighted by Crippen LogP contribution is 2.28. The Kier molecular flexibility index (Phi) is 7.10. The van der Waals surface area contributed by atoms with Crippen molar-refractivity contribution in [3.05, 3.63) is 80.7 Å². The van der Waals surface area contributed by atoms with Crippen molar-refractivity contribution < 1.29 is 23.5 Å². The number of oxime groups is 1. The summed E-state index contributed by atoms with van der Waals surface area (Å²) in [6.45, 7) is 0.0414. The Morgan fingerprint density at radius 2 is 1.73 bits per heavy atom. The molecule has 7 nitrogen and oxygen atoms in total. The highest BCUT2D eigenvalue weighted by molar-refractivity contribution is 6.35. The molecule has 30 heavy (non-hydrogen) atoms. The third kappa shape index (κ3) is 5.38. The average Bonchev–Trinajstić information content (AvgIpc) is 3.20. The summed E-state index contributed by atoms with van der Waals surface area (Å²) in [5.74, 6) is 0.223. The minimum atomic E-state index is -0.838. The number of rotatable bonds is 7. The molecule has 10 heteroatoms. The largest absolute Gasteiger partial charge is 0.496 e. The number of halogens is 3. The molecule has 2 N–H and O–H groups in total. The molecule has 3 aromatic rings. The van der Waals surface area contributed by atoms with E-state index in [1.807, 2.05) is 0 Å². The fraction of sp³-hybridized carbons (Fsp3) is 0.100. The molecule has 0 saturated heterocycles. The van der Waals surface area contributed by atoms with Crippen LogP contribution in [0.15, 0.2) is 58.1 Å². The van der Waals surface area contributed by atoms with E-state index in [9.17, 15) is 4.79 Å². The van der Waals surface area contributed by atoms with E-state index in [1.165, 1.54) is 19.2 Å². The van der Waals surface area contributed by atoms with Crippen LogP contribution in [0.3, 0.4) is 0 Å². The van der Waals surface area contributed by atoms with Crippen molar-refractivity contribution in [2.75, 3.05) is 7.11 Å². The molecule has 0 atom stereocenters. The van der Waals surface area contributed by atoms with Crippen LogP contribution < -0.4 is 15.2 Å². The number of nitrogens with zero attached hydrogens (tertiary/aromatic N) is 1. The number of ether oxygens (including phenoxy) is 2. The third-order valence-corrected chi connectivity index (χ3v) is 4.56. The second-order valence-corrected chi connectivity index (χ2v) is 7.11. The van der Waals surface area contributed by atoms with Gasteiger partial charge in [0.25, 0.3) is 0 Å². The number of amidine groups is 1. The van der Waals surface area contributed by atoms with Crippen LogP contribution in [0.5, 0.6) is 11.5 Å². The van der Waals surface area contributed by atoms with Gasteiger partial charge in [0.1, 0.15) is 23.9 Å². The standard InChI is InChI=1S/C20H15Cl3N2O5/c1-27-16-5-2-11(21)8-14(16)19(24)25-30-20(26)18-7-4-13(29-18)10-28-17-6-3-12(22)9-15(17)23/h2-9H,10H2,1H3,(H2,24,25). The lowest BCUT2D eigenvalue weighted by Gasteiger charge is -2.07. The van der Waals surface area contributed by atoms with Gasteiger partial charge in [0, 0.05) is 10.0 Å². The van der Waals surface area contributed by atoms with Crippen LogP contribution in [0.25, 0.3) is 0 Å². The first-order valence-electron chi connectivity index (χ1n) is 8.42. The van der Waals surface area contributed by atoms with Crippen molar-refractivity contribution in [1.82, 2.24) is 0 Å². The van der Waals surface area contributed by atoms with E-state index < -0.39 is 5.97 Å². The lowest BCUT2D eigenvalue weighted by atomic mass is 10.2. The molecule has 0 fully saturated rings. The number of methoxy groups -OCH3 is 1. The minimum Gasteiger partial charge on any atom is -0.496 e. The molecule has 0 radical (unpaired) electrons. The molecule has 0 spiro atoms. The number of benzene rings is 2. The highest BCUT2D eigenvalue weighted by Gasteiger charge is 2.15. The SMILES string of the molecule is COc1ccc(Cl)cc1/C(N)=N/OC(=O)c1ccc(COc2ccc(Cl)cc2Cl)o1. The highest BCUT2D eigenvalue weighted by atomic mass is 35.5. The number of nitrogens with two attached hydrogens (primary N) is 1. The van der Waals surface area contributed by atoms with E-state index >= 15 is 0 Å². The molecule has 156 valence electrons. The van der Waals surface area contributed by atoms with Crippen LogP contribution in [0.1, 0.15) is 21.9 Å². The van der Waals surface area contributed by atoms with Crippen molar-refractivity contribution in [3.8, 4) is 11.5 Å². The van der Waals surface area contributed by atoms with Crippen LogP contribution in [-0.2, 0) is 11.4 Å². The molecule has 0 bridgehead atoms. The maximum absolute atomic E-state index is 12.2. The van der Waals surface area contributed by atoms with Crippen LogP contribution in [0.4, 0.5) is 0 Å². The Bertz CT molecular complexity index is 1100. The zero-order valence-electron chi connectivity index (χ0n) is 15.5. The number of furan rings is 1. The van der Waals surface area contributed by atoms with Crippen LogP contribution in [0.2, 0.25) is 15.1 Å². The summed E-state index contributed by atoms with van der Waals surface area (Å²) in [6, 6.07) is 12.6. The summed E-state index contributed by atoms with van der Waals surface area (Å²) in [7, 11) is 1.47. The molecule has 2 aromatic carbocycles. The van der Waals surface area contributed by atoms with Crippen molar-refractivity contribution >= 4 is 46.6 Å². The first kappa shape index (κ1) is 21.8. The van der Waals surface area contributed by atoms with Crippen LogP contribution in [0, 0.1) is 0 Å². The van der Waals surface area contributed by atoms with E-state index in [0.29, 0.717) is 37.9 Å².